The summed E-state index contributed by atoms with van der Waals surface area (Å²) in [5.41, 5.74) is 0.128. The molecule has 0 fully saturated rings. The van der Waals surface area contributed by atoms with Crippen molar-refractivity contribution < 1.29 is 18.0 Å². The van der Waals surface area contributed by atoms with Crippen molar-refractivity contribution in [2.45, 2.75) is 32.5 Å². The molecule has 0 bridgehead atoms. The van der Waals surface area contributed by atoms with Gasteiger partial charge in [-0.2, -0.15) is 13.2 Å². The molecule has 0 aromatic carbocycles. The van der Waals surface area contributed by atoms with Crippen molar-refractivity contribution in [3.63, 3.8) is 0 Å². The molecule has 2 amide bonds. The van der Waals surface area contributed by atoms with Gasteiger partial charge in [0.1, 0.15) is 11.6 Å². The number of nitrogens with one attached hydrogen (secondary N) is 1. The fourth-order valence-electron chi connectivity index (χ4n) is 3.08. The van der Waals surface area contributed by atoms with E-state index in [4.69, 9.17) is 0 Å². The number of urea groups is 1. The number of aryl methyl sites for hydroxylation is 2. The van der Waals surface area contributed by atoms with Crippen LogP contribution in [-0.4, -0.2) is 39.1 Å². The maximum atomic E-state index is 12.8. The summed E-state index contributed by atoms with van der Waals surface area (Å²) in [6.45, 7) is 2.76. The zero-order valence-corrected chi connectivity index (χ0v) is 14.5. The van der Waals surface area contributed by atoms with E-state index in [1.165, 1.54) is 4.90 Å². The van der Waals surface area contributed by atoms with Crippen LogP contribution in [-0.2, 0) is 19.1 Å². The normalized spacial score (nSPS) is 16.9. The van der Waals surface area contributed by atoms with Crippen molar-refractivity contribution in [1.82, 2.24) is 19.4 Å². The van der Waals surface area contributed by atoms with Crippen LogP contribution < -0.4 is 5.32 Å². The zero-order chi connectivity index (χ0) is 18.9. The van der Waals surface area contributed by atoms with Gasteiger partial charge in [0.2, 0.25) is 0 Å². The largest absolute Gasteiger partial charge is 0.434 e. The smallest absolute Gasteiger partial charge is 0.334 e. The number of imidazole rings is 1. The molecule has 0 saturated carbocycles. The summed E-state index contributed by atoms with van der Waals surface area (Å²) in [6.07, 6.45) is -0.606. The van der Waals surface area contributed by atoms with E-state index in [0.717, 1.165) is 11.8 Å². The van der Waals surface area contributed by atoms with E-state index in [2.05, 4.69) is 15.3 Å². The molecule has 9 heteroatoms. The third kappa shape index (κ3) is 4.14. The molecule has 3 heterocycles. The molecule has 1 atom stereocenters. The van der Waals surface area contributed by atoms with Crippen LogP contribution in [0.15, 0.2) is 24.5 Å². The number of pyridine rings is 1. The first-order chi connectivity index (χ1) is 12.2. The molecule has 1 aliphatic rings. The Labute approximate surface area is 149 Å². The van der Waals surface area contributed by atoms with Crippen LogP contribution in [0, 0.1) is 12.8 Å². The predicted molar refractivity (Wildman–Crippen MR) is 89.7 cm³/mol. The van der Waals surface area contributed by atoms with Crippen LogP contribution in [0.5, 0.6) is 0 Å². The van der Waals surface area contributed by atoms with Gasteiger partial charge < -0.3 is 9.47 Å². The summed E-state index contributed by atoms with van der Waals surface area (Å²) in [5.74, 6) is 0.987. The van der Waals surface area contributed by atoms with Crippen LogP contribution in [0.4, 0.5) is 23.8 Å². The van der Waals surface area contributed by atoms with Gasteiger partial charge in [-0.25, -0.2) is 14.8 Å². The number of alkyl halides is 3. The lowest BCUT2D eigenvalue weighted by atomic mass is 9.99. The maximum Gasteiger partial charge on any atom is 0.434 e. The number of carbonyl (C=O) groups is 1. The van der Waals surface area contributed by atoms with Crippen molar-refractivity contribution in [2.24, 2.45) is 5.92 Å². The number of halogens is 3. The van der Waals surface area contributed by atoms with Gasteiger partial charge in [0.05, 0.1) is 0 Å². The van der Waals surface area contributed by atoms with E-state index < -0.39 is 11.9 Å². The van der Waals surface area contributed by atoms with Gasteiger partial charge in [0, 0.05) is 39.0 Å². The molecular formula is C17H20F3N5O. The number of hydrogen-bond donors (Lipinski definition) is 1. The Kier molecular flexibility index (Phi) is 4.88. The minimum Gasteiger partial charge on any atom is -0.334 e. The van der Waals surface area contributed by atoms with Crippen molar-refractivity contribution >= 4 is 11.8 Å². The second kappa shape index (κ2) is 6.97. The Morgan fingerprint density at radius 1 is 1.46 bits per heavy atom. The first-order valence-electron chi connectivity index (χ1n) is 8.30. The molecule has 1 N–H and O–H groups in total. The number of carbonyl (C=O) groups excluding carboxylic acids is 1. The molecule has 2 aromatic rings. The number of hydrogen-bond acceptors (Lipinski definition) is 3. The number of amides is 2. The highest BCUT2D eigenvalue weighted by Gasteiger charge is 2.36. The van der Waals surface area contributed by atoms with Gasteiger partial charge >= 0.3 is 12.2 Å². The molecule has 26 heavy (non-hydrogen) atoms. The molecular weight excluding hydrogens is 347 g/mol. The average Bonchev–Trinajstić information content (AvgIpc) is 2.98. The summed E-state index contributed by atoms with van der Waals surface area (Å²) in [7, 11) is 1.66. The fraction of sp³-hybridized carbons (Fsp3) is 0.471. The molecule has 0 radical (unpaired) electrons. The van der Waals surface area contributed by atoms with Gasteiger partial charge in [0.15, 0.2) is 5.69 Å². The van der Waals surface area contributed by atoms with E-state index >= 15 is 0 Å². The fourth-order valence-corrected chi connectivity index (χ4v) is 3.08. The summed E-state index contributed by atoms with van der Waals surface area (Å²) in [4.78, 5) is 21.6. The lowest BCUT2D eigenvalue weighted by Crippen LogP contribution is -2.38. The highest BCUT2D eigenvalue weighted by Crippen LogP contribution is 2.30. The minimum absolute atomic E-state index is 0.0685. The second-order valence-corrected chi connectivity index (χ2v) is 6.63. The lowest BCUT2D eigenvalue weighted by molar-refractivity contribution is -0.141. The quantitative estimate of drug-likeness (QED) is 0.905. The van der Waals surface area contributed by atoms with Crippen LogP contribution in [0.2, 0.25) is 0 Å². The Balaban J connectivity index is 1.59. The van der Waals surface area contributed by atoms with E-state index in [-0.39, 0.29) is 11.9 Å². The first kappa shape index (κ1) is 18.2. The SMILES string of the molecule is Cc1ccnc(NC(=O)N(C)C[C@@H]2CCc3nc(C(F)(F)F)cn3C2)c1. The van der Waals surface area contributed by atoms with E-state index in [0.29, 0.717) is 37.6 Å². The molecule has 3 rings (SSSR count). The molecule has 6 nitrogen and oxygen atoms in total. The topological polar surface area (TPSA) is 63.1 Å². The van der Waals surface area contributed by atoms with Crippen LogP contribution in [0.3, 0.4) is 0 Å². The average molecular weight is 367 g/mol. The summed E-state index contributed by atoms with van der Waals surface area (Å²) in [5, 5.41) is 2.72. The molecule has 0 aliphatic carbocycles. The maximum absolute atomic E-state index is 12.8. The highest BCUT2D eigenvalue weighted by molar-refractivity contribution is 5.88. The van der Waals surface area contributed by atoms with E-state index in [1.54, 1.807) is 23.9 Å². The van der Waals surface area contributed by atoms with Gasteiger partial charge in [-0.1, -0.05) is 0 Å². The van der Waals surface area contributed by atoms with Crippen molar-refractivity contribution in [3.05, 3.63) is 41.6 Å². The molecule has 0 saturated heterocycles. The summed E-state index contributed by atoms with van der Waals surface area (Å²) < 4.78 is 39.9. The summed E-state index contributed by atoms with van der Waals surface area (Å²) >= 11 is 0. The summed E-state index contributed by atoms with van der Waals surface area (Å²) in [6, 6.07) is 3.30. The lowest BCUT2D eigenvalue weighted by Gasteiger charge is -2.28. The number of nitrogens with zero attached hydrogens (tertiary/aromatic N) is 4. The van der Waals surface area contributed by atoms with Gasteiger partial charge in [-0.05, 0) is 37.0 Å². The predicted octanol–water partition coefficient (Wildman–Crippen LogP) is 3.33. The van der Waals surface area contributed by atoms with Crippen molar-refractivity contribution in [2.75, 3.05) is 18.9 Å². The Bertz CT molecular complexity index is 802. The number of aromatic nitrogens is 3. The van der Waals surface area contributed by atoms with E-state index in [1.807, 2.05) is 13.0 Å². The first-order valence-corrected chi connectivity index (χ1v) is 8.30. The van der Waals surface area contributed by atoms with Gasteiger partial charge in [-0.3, -0.25) is 5.32 Å². The number of fused-ring (bicyclic) bond motifs is 1. The van der Waals surface area contributed by atoms with Crippen LogP contribution >= 0.6 is 0 Å². The Hall–Kier alpha value is -2.58. The van der Waals surface area contributed by atoms with Gasteiger partial charge in [0.25, 0.3) is 0 Å². The molecule has 0 spiro atoms. The minimum atomic E-state index is -4.43. The highest BCUT2D eigenvalue weighted by atomic mass is 19.4. The molecule has 140 valence electrons. The monoisotopic (exact) mass is 367 g/mol. The Morgan fingerprint density at radius 3 is 2.92 bits per heavy atom. The van der Waals surface area contributed by atoms with Crippen LogP contribution in [0.25, 0.3) is 0 Å². The Morgan fingerprint density at radius 2 is 2.23 bits per heavy atom. The third-order valence-corrected chi connectivity index (χ3v) is 4.41. The molecule has 0 unspecified atom stereocenters. The van der Waals surface area contributed by atoms with Crippen molar-refractivity contribution in [1.29, 1.82) is 0 Å². The van der Waals surface area contributed by atoms with Crippen LogP contribution in [0.1, 0.15) is 23.5 Å². The second-order valence-electron chi connectivity index (χ2n) is 6.63. The molecule has 2 aromatic heterocycles. The van der Waals surface area contributed by atoms with Gasteiger partial charge in [-0.15, -0.1) is 0 Å². The van der Waals surface area contributed by atoms with E-state index in [9.17, 15) is 18.0 Å². The zero-order valence-electron chi connectivity index (χ0n) is 14.5. The number of anilines is 1. The third-order valence-electron chi connectivity index (χ3n) is 4.41. The number of rotatable bonds is 3. The standard InChI is InChI=1S/C17H20F3N5O/c1-11-5-6-21-14(7-11)23-16(26)24(2)8-12-3-4-15-22-13(17(18,19)20)10-25(15)9-12/h5-7,10,12H,3-4,8-9H2,1-2H3,(H,21,23,26)/t12-/m0/s1. The van der Waals surface area contributed by atoms with Crippen molar-refractivity contribution in [3.8, 4) is 0 Å². The molecule has 1 aliphatic heterocycles.